The molecule has 0 bridgehead atoms. The minimum atomic E-state index is -0.895. The van der Waals surface area contributed by atoms with E-state index in [1.165, 1.54) is 0 Å². The minimum Gasteiger partial charge on any atom is -0.478 e. The molecule has 0 radical (unpaired) electrons. The Hall–Kier alpha value is -2.32. The number of aromatic nitrogens is 1. The second-order valence-electron chi connectivity index (χ2n) is 6.71. The monoisotopic (exact) mass is 402 g/mol. The third kappa shape index (κ3) is 3.02. The summed E-state index contributed by atoms with van der Waals surface area (Å²) in [5.74, 6) is -1.29. The van der Waals surface area contributed by atoms with Gasteiger partial charge >= 0.3 is 5.97 Å². The number of aromatic carboxylic acids is 1. The zero-order valence-electron chi connectivity index (χ0n) is 14.9. The van der Waals surface area contributed by atoms with Crippen molar-refractivity contribution in [3.8, 4) is 5.00 Å². The SMILES string of the molecule is Cc1cc(/C=C2/SC(=O)NC2=O)c(C)n1-c1sc2c(c1C(=O)O)CCCC2. The van der Waals surface area contributed by atoms with Gasteiger partial charge in [0.2, 0.25) is 0 Å². The predicted octanol–water partition coefficient (Wildman–Crippen LogP) is 4.06. The van der Waals surface area contributed by atoms with Crippen LogP contribution in [0.3, 0.4) is 0 Å². The van der Waals surface area contributed by atoms with E-state index in [0.717, 1.165) is 69.8 Å². The van der Waals surface area contributed by atoms with Crippen LogP contribution in [0.25, 0.3) is 11.1 Å². The number of aryl methyl sites for hydroxylation is 2. The number of carboxylic acid groups (broad SMARTS) is 1. The van der Waals surface area contributed by atoms with Crippen molar-refractivity contribution in [2.24, 2.45) is 0 Å². The molecule has 0 spiro atoms. The molecule has 2 amide bonds. The number of hydrogen-bond acceptors (Lipinski definition) is 5. The highest BCUT2D eigenvalue weighted by Crippen LogP contribution is 2.39. The van der Waals surface area contributed by atoms with Crippen molar-refractivity contribution in [1.29, 1.82) is 0 Å². The maximum absolute atomic E-state index is 12.0. The van der Waals surface area contributed by atoms with Crippen LogP contribution in [0.15, 0.2) is 11.0 Å². The molecule has 6 nitrogen and oxygen atoms in total. The highest BCUT2D eigenvalue weighted by atomic mass is 32.2. The number of thioether (sulfide) groups is 1. The largest absolute Gasteiger partial charge is 0.478 e. The lowest BCUT2D eigenvalue weighted by atomic mass is 9.95. The molecule has 2 aromatic heterocycles. The van der Waals surface area contributed by atoms with Gasteiger partial charge in [0.15, 0.2) is 0 Å². The second-order valence-corrected chi connectivity index (χ2v) is 8.81. The number of hydrogen-bond donors (Lipinski definition) is 2. The molecule has 1 fully saturated rings. The number of carbonyl (C=O) groups excluding carboxylic acids is 2. The van der Waals surface area contributed by atoms with Crippen LogP contribution >= 0.6 is 23.1 Å². The Bertz CT molecular complexity index is 1030. The van der Waals surface area contributed by atoms with Crippen LogP contribution < -0.4 is 5.32 Å². The van der Waals surface area contributed by atoms with Crippen molar-refractivity contribution in [2.75, 3.05) is 0 Å². The Morgan fingerprint density at radius 3 is 2.67 bits per heavy atom. The molecule has 3 heterocycles. The number of rotatable bonds is 3. The fraction of sp³-hybridized carbons (Fsp3) is 0.316. The van der Waals surface area contributed by atoms with Crippen LogP contribution in [0.2, 0.25) is 0 Å². The number of nitrogens with one attached hydrogen (secondary N) is 1. The number of amides is 2. The van der Waals surface area contributed by atoms with Crippen LogP contribution in [-0.2, 0) is 17.6 Å². The zero-order valence-corrected chi connectivity index (χ0v) is 16.6. The Morgan fingerprint density at radius 2 is 2.00 bits per heavy atom. The number of imide groups is 1. The van der Waals surface area contributed by atoms with Crippen molar-refractivity contribution in [3.05, 3.63) is 43.9 Å². The molecular weight excluding hydrogens is 384 g/mol. The van der Waals surface area contributed by atoms with Crippen molar-refractivity contribution in [3.63, 3.8) is 0 Å². The summed E-state index contributed by atoms with van der Waals surface area (Å²) >= 11 is 2.43. The van der Waals surface area contributed by atoms with E-state index < -0.39 is 11.9 Å². The summed E-state index contributed by atoms with van der Waals surface area (Å²) in [4.78, 5) is 36.7. The molecule has 0 aromatic carbocycles. The summed E-state index contributed by atoms with van der Waals surface area (Å²) in [6.07, 6.45) is 5.54. The topological polar surface area (TPSA) is 88.4 Å². The fourth-order valence-corrected chi connectivity index (χ4v) is 5.90. The highest BCUT2D eigenvalue weighted by molar-refractivity contribution is 8.18. The molecule has 2 aliphatic rings. The third-order valence-corrected chi connectivity index (χ3v) is 7.06. The number of thiophene rings is 1. The number of fused-ring (bicyclic) bond motifs is 1. The van der Waals surface area contributed by atoms with E-state index in [9.17, 15) is 19.5 Å². The van der Waals surface area contributed by atoms with Gasteiger partial charge in [0, 0.05) is 16.3 Å². The van der Waals surface area contributed by atoms with Gasteiger partial charge in [-0.05, 0) is 74.6 Å². The standard InChI is InChI=1S/C19H18N2O4S2/c1-9-7-11(8-14-16(22)20-19(25)27-14)10(2)21(9)17-15(18(23)24)12-5-3-4-6-13(12)26-17/h7-8H,3-6H2,1-2H3,(H,23,24)(H,20,22,25)/b14-8+. The minimum absolute atomic E-state index is 0.351. The van der Waals surface area contributed by atoms with Crippen molar-refractivity contribution < 1.29 is 19.5 Å². The van der Waals surface area contributed by atoms with Crippen LogP contribution in [0.1, 0.15) is 50.6 Å². The second kappa shape index (κ2) is 6.69. The smallest absolute Gasteiger partial charge is 0.339 e. The van der Waals surface area contributed by atoms with E-state index in [1.54, 1.807) is 17.4 Å². The van der Waals surface area contributed by atoms with Gasteiger partial charge in [-0.2, -0.15) is 0 Å². The van der Waals surface area contributed by atoms with Gasteiger partial charge < -0.3 is 9.67 Å². The third-order valence-electron chi connectivity index (χ3n) is 4.97. The molecule has 1 aliphatic heterocycles. The van der Waals surface area contributed by atoms with Crippen LogP contribution in [0.5, 0.6) is 0 Å². The first-order valence-corrected chi connectivity index (χ1v) is 10.3. The summed E-state index contributed by atoms with van der Waals surface area (Å²) in [5, 5.41) is 12.4. The van der Waals surface area contributed by atoms with E-state index in [-0.39, 0.29) is 5.24 Å². The van der Waals surface area contributed by atoms with Crippen molar-refractivity contribution >= 4 is 46.3 Å². The molecule has 0 atom stereocenters. The predicted molar refractivity (Wildman–Crippen MR) is 106 cm³/mol. The molecule has 0 saturated carbocycles. The van der Waals surface area contributed by atoms with Gasteiger partial charge in [0.05, 0.1) is 10.5 Å². The van der Waals surface area contributed by atoms with Crippen LogP contribution in [0, 0.1) is 13.8 Å². The Balaban J connectivity index is 1.85. The number of carboxylic acids is 1. The van der Waals surface area contributed by atoms with Crippen molar-refractivity contribution in [1.82, 2.24) is 9.88 Å². The van der Waals surface area contributed by atoms with Crippen LogP contribution in [0.4, 0.5) is 4.79 Å². The summed E-state index contributed by atoms with van der Waals surface area (Å²) in [6.45, 7) is 3.83. The highest BCUT2D eigenvalue weighted by Gasteiger charge is 2.29. The van der Waals surface area contributed by atoms with E-state index in [0.29, 0.717) is 10.5 Å². The summed E-state index contributed by atoms with van der Waals surface area (Å²) < 4.78 is 1.96. The molecule has 8 heteroatoms. The molecular formula is C19H18N2O4S2. The molecule has 0 unspecified atom stereocenters. The molecule has 2 aromatic rings. The maximum atomic E-state index is 12.0. The molecule has 1 aliphatic carbocycles. The van der Waals surface area contributed by atoms with Gasteiger partial charge in [0.25, 0.3) is 11.1 Å². The molecule has 1 saturated heterocycles. The van der Waals surface area contributed by atoms with E-state index in [2.05, 4.69) is 5.32 Å². The zero-order chi connectivity index (χ0) is 19.3. The fourth-order valence-electron chi connectivity index (χ4n) is 3.74. The average Bonchev–Trinajstić information content (AvgIpc) is 3.21. The van der Waals surface area contributed by atoms with Gasteiger partial charge in [-0.3, -0.25) is 14.9 Å². The molecule has 27 heavy (non-hydrogen) atoms. The first kappa shape index (κ1) is 18.1. The Morgan fingerprint density at radius 1 is 1.26 bits per heavy atom. The number of nitrogens with zero attached hydrogens (tertiary/aromatic N) is 1. The van der Waals surface area contributed by atoms with Gasteiger partial charge in [0.1, 0.15) is 5.00 Å². The first-order valence-electron chi connectivity index (χ1n) is 8.69. The Kier molecular flexibility index (Phi) is 4.47. The molecule has 2 N–H and O–H groups in total. The van der Waals surface area contributed by atoms with Crippen molar-refractivity contribution in [2.45, 2.75) is 39.5 Å². The van der Waals surface area contributed by atoms with E-state index in [4.69, 9.17) is 0 Å². The van der Waals surface area contributed by atoms with E-state index in [1.807, 2.05) is 24.5 Å². The lowest BCUT2D eigenvalue weighted by molar-refractivity contribution is -0.115. The Labute approximate surface area is 164 Å². The summed E-state index contributed by atoms with van der Waals surface area (Å²) in [5.41, 5.74) is 3.93. The molecule has 4 rings (SSSR count). The van der Waals surface area contributed by atoms with Gasteiger partial charge in [-0.15, -0.1) is 11.3 Å². The normalized spacial score (nSPS) is 18.1. The van der Waals surface area contributed by atoms with E-state index >= 15 is 0 Å². The number of carbonyl (C=O) groups is 3. The molecule has 140 valence electrons. The van der Waals surface area contributed by atoms with Crippen LogP contribution in [-0.4, -0.2) is 26.8 Å². The summed E-state index contributed by atoms with van der Waals surface area (Å²) in [6, 6.07) is 1.92. The lowest BCUT2D eigenvalue weighted by Crippen LogP contribution is -2.17. The van der Waals surface area contributed by atoms with Gasteiger partial charge in [-0.1, -0.05) is 0 Å². The lowest BCUT2D eigenvalue weighted by Gasteiger charge is -2.11. The average molecular weight is 402 g/mol. The maximum Gasteiger partial charge on any atom is 0.339 e. The quantitative estimate of drug-likeness (QED) is 0.756. The summed E-state index contributed by atoms with van der Waals surface area (Å²) in [7, 11) is 0. The first-order chi connectivity index (χ1) is 12.9. The van der Waals surface area contributed by atoms with Gasteiger partial charge in [-0.25, -0.2) is 4.79 Å².